The van der Waals surface area contributed by atoms with Crippen LogP contribution in [0.1, 0.15) is 22.3 Å². The smallest absolute Gasteiger partial charge is 0.187 e. The number of hydrogen-bond acceptors (Lipinski definition) is 0. The van der Waals surface area contributed by atoms with Crippen molar-refractivity contribution < 1.29 is 0 Å². The minimum absolute atomic E-state index is 0.973. The molecule has 0 aliphatic heterocycles. The standard InChI is InChI=1S/C22H17N/c1-3-9-19(10-4-1)15-16-21-13-7-8-14-22(21)18-23-17-20-11-5-2-6-12-20/h1-16,18H/b16-15-. The summed E-state index contributed by atoms with van der Waals surface area (Å²) in [6.45, 7) is 0. The van der Waals surface area contributed by atoms with Gasteiger partial charge in [0.15, 0.2) is 0 Å². The van der Waals surface area contributed by atoms with Crippen molar-refractivity contribution in [3.8, 4) is 0 Å². The molecular formula is C22H17N. The fourth-order valence-corrected chi connectivity index (χ4v) is 2.22. The maximum Gasteiger partial charge on any atom is 0.290 e. The summed E-state index contributed by atoms with van der Waals surface area (Å²) in [7, 11) is 0. The van der Waals surface area contributed by atoms with E-state index in [-0.39, 0.29) is 0 Å². The van der Waals surface area contributed by atoms with Crippen LogP contribution in [0.25, 0.3) is 12.2 Å². The van der Waals surface area contributed by atoms with E-state index in [0.717, 1.165) is 16.7 Å². The Hall–Kier alpha value is -3.15. The molecule has 0 aliphatic carbocycles. The van der Waals surface area contributed by atoms with Crippen LogP contribution in [0.15, 0.2) is 84.9 Å². The second-order valence-corrected chi connectivity index (χ2v) is 5.11. The van der Waals surface area contributed by atoms with Gasteiger partial charge in [0.1, 0.15) is 0 Å². The molecule has 3 aromatic rings. The van der Waals surface area contributed by atoms with E-state index in [2.05, 4.69) is 47.3 Å². The highest BCUT2D eigenvalue weighted by Crippen LogP contribution is 2.11. The highest BCUT2D eigenvalue weighted by molar-refractivity contribution is 5.90. The zero-order chi connectivity index (χ0) is 15.7. The average molecular weight is 295 g/mol. The van der Waals surface area contributed by atoms with Crippen molar-refractivity contribution in [1.29, 1.82) is 0 Å². The van der Waals surface area contributed by atoms with Crippen molar-refractivity contribution in [3.63, 3.8) is 0 Å². The molecule has 0 saturated carbocycles. The first-order valence-corrected chi connectivity index (χ1v) is 7.58. The summed E-state index contributed by atoms with van der Waals surface area (Å²) in [5.41, 5.74) is 4.36. The predicted molar refractivity (Wildman–Crippen MR) is 99.7 cm³/mol. The molecule has 1 nitrogen and oxygen atoms in total. The lowest BCUT2D eigenvalue weighted by Gasteiger charge is -1.97. The minimum atomic E-state index is 0.973. The first-order valence-electron chi connectivity index (χ1n) is 7.58. The second kappa shape index (κ2) is 7.74. The normalized spacial score (nSPS) is 10.3. The van der Waals surface area contributed by atoms with Crippen molar-refractivity contribution in [2.24, 2.45) is 0 Å². The highest BCUT2D eigenvalue weighted by Gasteiger charge is 1.97. The molecule has 0 atom stereocenters. The molecule has 0 bridgehead atoms. The van der Waals surface area contributed by atoms with Gasteiger partial charge in [-0.3, -0.25) is 0 Å². The van der Waals surface area contributed by atoms with Crippen LogP contribution in [0.3, 0.4) is 0 Å². The first kappa shape index (κ1) is 14.8. The minimum Gasteiger partial charge on any atom is -0.187 e. The lowest BCUT2D eigenvalue weighted by Crippen LogP contribution is -1.91. The Balaban J connectivity index is 1.84. The molecule has 3 rings (SSSR count). The van der Waals surface area contributed by atoms with Gasteiger partial charge >= 0.3 is 0 Å². The van der Waals surface area contributed by atoms with Crippen LogP contribution in [-0.4, -0.2) is 12.4 Å². The molecule has 0 saturated heterocycles. The molecule has 0 aliphatic rings. The molecule has 0 heterocycles. The van der Waals surface area contributed by atoms with Crippen LogP contribution in [0.4, 0.5) is 0 Å². The van der Waals surface area contributed by atoms with E-state index >= 15 is 0 Å². The van der Waals surface area contributed by atoms with E-state index in [9.17, 15) is 0 Å². The molecule has 0 N–H and O–H groups in total. The second-order valence-electron chi connectivity index (χ2n) is 5.11. The molecule has 0 fully saturated rings. The first-order chi connectivity index (χ1) is 11.4. The Morgan fingerprint density at radius 3 is 1.96 bits per heavy atom. The molecule has 0 unspecified atom stereocenters. The third-order valence-electron chi connectivity index (χ3n) is 3.42. The summed E-state index contributed by atoms with van der Waals surface area (Å²) in [6.07, 6.45) is 9.10. The maximum absolute atomic E-state index is 4.32. The number of rotatable bonds is 4. The van der Waals surface area contributed by atoms with Crippen molar-refractivity contribution in [2.45, 2.75) is 0 Å². The Bertz CT molecular complexity index is 839. The monoisotopic (exact) mass is 295 g/mol. The van der Waals surface area contributed by atoms with E-state index in [1.807, 2.05) is 66.9 Å². The fourth-order valence-electron chi connectivity index (χ4n) is 2.22. The zero-order valence-corrected chi connectivity index (χ0v) is 12.8. The van der Waals surface area contributed by atoms with Crippen molar-refractivity contribution in [3.05, 3.63) is 107 Å². The van der Waals surface area contributed by atoms with Gasteiger partial charge in [0.25, 0.3) is 6.21 Å². The number of benzene rings is 3. The maximum atomic E-state index is 4.32. The Morgan fingerprint density at radius 2 is 1.22 bits per heavy atom. The topological polar surface area (TPSA) is 14.1 Å². The van der Waals surface area contributed by atoms with E-state index in [4.69, 9.17) is 0 Å². The molecule has 0 aromatic heterocycles. The van der Waals surface area contributed by atoms with Gasteiger partial charge in [0.05, 0.1) is 0 Å². The number of nitrogens with zero attached hydrogens (tertiary/aromatic N) is 1. The van der Waals surface area contributed by atoms with Gasteiger partial charge in [-0.25, -0.2) is 0 Å². The van der Waals surface area contributed by atoms with Crippen LogP contribution in [0, 0.1) is 0 Å². The summed E-state index contributed by atoms with van der Waals surface area (Å²) in [6, 6.07) is 28.4. The van der Waals surface area contributed by atoms with E-state index in [1.54, 1.807) is 0 Å². The molecule has 0 spiro atoms. The summed E-state index contributed by atoms with van der Waals surface area (Å²) in [5.74, 6) is 0. The fraction of sp³-hybridized carbons (Fsp3) is 0. The van der Waals surface area contributed by atoms with Crippen LogP contribution in [-0.2, 0) is 0 Å². The third-order valence-corrected chi connectivity index (χ3v) is 3.42. The molecule has 0 radical (unpaired) electrons. The quantitative estimate of drug-likeness (QED) is 0.294. The van der Waals surface area contributed by atoms with Gasteiger partial charge in [-0.2, -0.15) is 4.67 Å². The van der Waals surface area contributed by atoms with Crippen LogP contribution < -0.4 is 4.67 Å². The average Bonchev–Trinajstić information content (AvgIpc) is 2.63. The van der Waals surface area contributed by atoms with Gasteiger partial charge in [-0.05, 0) is 11.1 Å². The van der Waals surface area contributed by atoms with Crippen LogP contribution in [0.2, 0.25) is 0 Å². The highest BCUT2D eigenvalue weighted by atomic mass is 14.5. The zero-order valence-electron chi connectivity index (χ0n) is 12.8. The molecule has 1 heteroatoms. The van der Waals surface area contributed by atoms with Gasteiger partial charge in [0.2, 0.25) is 6.21 Å². The molecule has 0 amide bonds. The Labute approximate surface area is 137 Å². The van der Waals surface area contributed by atoms with Gasteiger partial charge in [-0.1, -0.05) is 78.4 Å². The van der Waals surface area contributed by atoms with Crippen molar-refractivity contribution >= 4 is 24.6 Å². The van der Waals surface area contributed by atoms with E-state index < -0.39 is 0 Å². The van der Waals surface area contributed by atoms with E-state index in [0.29, 0.717) is 0 Å². The van der Waals surface area contributed by atoms with Gasteiger partial charge in [-0.15, -0.1) is 24.3 Å². The summed E-state index contributed by atoms with van der Waals surface area (Å²) in [5, 5.41) is 0. The lowest BCUT2D eigenvalue weighted by molar-refractivity contribution is 1.58. The largest absolute Gasteiger partial charge is 0.290 e. The third kappa shape index (κ3) is 4.41. The Kier molecular flexibility index (Phi) is 4.97. The summed E-state index contributed by atoms with van der Waals surface area (Å²) in [4.78, 5) is 0. The van der Waals surface area contributed by atoms with Crippen molar-refractivity contribution in [1.82, 2.24) is 4.67 Å². The van der Waals surface area contributed by atoms with Crippen LogP contribution in [0.5, 0.6) is 0 Å². The predicted octanol–water partition coefficient (Wildman–Crippen LogP) is 4.34. The lowest BCUT2D eigenvalue weighted by atomic mass is 10.1. The molecule has 23 heavy (non-hydrogen) atoms. The molecule has 110 valence electrons. The van der Waals surface area contributed by atoms with E-state index in [1.165, 1.54) is 5.56 Å². The van der Waals surface area contributed by atoms with Crippen LogP contribution >= 0.6 is 0 Å². The van der Waals surface area contributed by atoms with Gasteiger partial charge < -0.3 is 0 Å². The molecule has 3 aromatic carbocycles. The Morgan fingerprint density at radius 1 is 0.609 bits per heavy atom. The van der Waals surface area contributed by atoms with Gasteiger partial charge in [0, 0.05) is 5.56 Å². The van der Waals surface area contributed by atoms with Crippen molar-refractivity contribution in [2.75, 3.05) is 0 Å². The summed E-state index contributed by atoms with van der Waals surface area (Å²) >= 11 is 0. The molecular weight excluding hydrogens is 278 g/mol. The number of hydrogen-bond donors (Lipinski definition) is 0. The summed E-state index contributed by atoms with van der Waals surface area (Å²) < 4.78 is 4.32. The SMILES string of the molecule is [C-](=[N+]=Cc1ccccc1/C=C\c1ccccc1)c1ccccc1.